The van der Waals surface area contributed by atoms with Gasteiger partial charge < -0.3 is 9.67 Å². The molecule has 0 radical (unpaired) electrons. The molecule has 118 valence electrons. The molecule has 6 heteroatoms. The molecule has 0 aliphatic heterocycles. The van der Waals surface area contributed by atoms with Crippen molar-refractivity contribution in [1.29, 1.82) is 0 Å². The van der Waals surface area contributed by atoms with Crippen molar-refractivity contribution in [3.05, 3.63) is 76.0 Å². The van der Waals surface area contributed by atoms with Crippen molar-refractivity contribution in [1.82, 2.24) is 9.55 Å². The Hall–Kier alpha value is -1.46. The highest BCUT2D eigenvalue weighted by molar-refractivity contribution is 7.99. The first kappa shape index (κ1) is 16.4. The molecule has 1 unspecified atom stereocenters. The van der Waals surface area contributed by atoms with Gasteiger partial charge in [0.15, 0.2) is 5.16 Å². The number of hydrogen-bond acceptors (Lipinski definition) is 3. The summed E-state index contributed by atoms with van der Waals surface area (Å²) < 4.78 is 1.87. The van der Waals surface area contributed by atoms with E-state index in [1.54, 1.807) is 36.2 Å². The van der Waals surface area contributed by atoms with Gasteiger partial charge in [-0.25, -0.2) is 4.98 Å². The predicted octanol–water partition coefficient (Wildman–Crippen LogP) is 4.96. The number of imidazole rings is 1. The first-order valence-corrected chi connectivity index (χ1v) is 8.51. The van der Waals surface area contributed by atoms with Gasteiger partial charge in [-0.2, -0.15) is 0 Å². The third-order valence-corrected chi connectivity index (χ3v) is 5.10. The second kappa shape index (κ2) is 6.97. The maximum atomic E-state index is 10.6. The average molecular weight is 365 g/mol. The maximum Gasteiger partial charge on any atom is 0.172 e. The number of rotatable bonds is 4. The largest absolute Gasteiger partial charge is 0.382 e. The normalized spacial score (nSPS) is 12.3. The second-order valence-electron chi connectivity index (χ2n) is 5.01. The second-order valence-corrected chi connectivity index (χ2v) is 6.89. The third-order valence-electron chi connectivity index (χ3n) is 3.47. The molecule has 1 aromatic heterocycles. The minimum absolute atomic E-state index is 0.434. The summed E-state index contributed by atoms with van der Waals surface area (Å²) in [5.74, 6) is 0. The highest BCUT2D eigenvalue weighted by Crippen LogP contribution is 2.33. The van der Waals surface area contributed by atoms with Crippen LogP contribution < -0.4 is 0 Å². The lowest BCUT2D eigenvalue weighted by Gasteiger charge is -2.14. The summed E-state index contributed by atoms with van der Waals surface area (Å²) in [6, 6.07) is 15.0. The van der Waals surface area contributed by atoms with Crippen molar-refractivity contribution in [3.8, 4) is 0 Å². The van der Waals surface area contributed by atoms with E-state index in [1.807, 2.05) is 41.9 Å². The molecule has 0 aliphatic rings. The predicted molar refractivity (Wildman–Crippen MR) is 94.3 cm³/mol. The number of aliphatic hydroxyl groups excluding tert-OH is 1. The molecule has 23 heavy (non-hydrogen) atoms. The van der Waals surface area contributed by atoms with Gasteiger partial charge in [0.2, 0.25) is 0 Å². The van der Waals surface area contributed by atoms with Crippen LogP contribution in [0.3, 0.4) is 0 Å². The molecular formula is C17H14Cl2N2OS. The van der Waals surface area contributed by atoms with Crippen LogP contribution in [0.25, 0.3) is 0 Å². The maximum absolute atomic E-state index is 10.6. The number of aromatic nitrogens is 2. The molecule has 0 fully saturated rings. The van der Waals surface area contributed by atoms with Crippen molar-refractivity contribution in [2.75, 3.05) is 0 Å². The van der Waals surface area contributed by atoms with E-state index < -0.39 is 6.10 Å². The Morgan fingerprint density at radius 2 is 1.87 bits per heavy atom. The van der Waals surface area contributed by atoms with Gasteiger partial charge >= 0.3 is 0 Å². The fourth-order valence-electron chi connectivity index (χ4n) is 2.23. The lowest BCUT2D eigenvalue weighted by atomic mass is 10.1. The van der Waals surface area contributed by atoms with Crippen LogP contribution in [0.4, 0.5) is 0 Å². The summed E-state index contributed by atoms with van der Waals surface area (Å²) in [4.78, 5) is 5.49. The van der Waals surface area contributed by atoms with Gasteiger partial charge in [-0.05, 0) is 24.3 Å². The SMILES string of the molecule is Cn1c(C(O)c2ccc(Cl)cc2Cl)cnc1Sc1ccccc1. The van der Waals surface area contributed by atoms with Crippen molar-refractivity contribution < 1.29 is 5.11 Å². The number of halogens is 2. The zero-order chi connectivity index (χ0) is 16.4. The summed E-state index contributed by atoms with van der Waals surface area (Å²) in [5, 5.41) is 12.4. The highest BCUT2D eigenvalue weighted by atomic mass is 35.5. The quantitative estimate of drug-likeness (QED) is 0.710. The Balaban J connectivity index is 1.89. The highest BCUT2D eigenvalue weighted by Gasteiger charge is 2.19. The van der Waals surface area contributed by atoms with Gasteiger partial charge in [-0.3, -0.25) is 0 Å². The van der Waals surface area contributed by atoms with E-state index in [2.05, 4.69) is 4.98 Å². The van der Waals surface area contributed by atoms with Gasteiger partial charge in [0.1, 0.15) is 6.10 Å². The van der Waals surface area contributed by atoms with E-state index in [4.69, 9.17) is 23.2 Å². The van der Waals surface area contributed by atoms with E-state index in [9.17, 15) is 5.11 Å². The minimum atomic E-state index is -0.859. The van der Waals surface area contributed by atoms with Crippen LogP contribution >= 0.6 is 35.0 Å². The molecule has 0 aliphatic carbocycles. The minimum Gasteiger partial charge on any atom is -0.382 e. The zero-order valence-corrected chi connectivity index (χ0v) is 14.6. The Morgan fingerprint density at radius 1 is 1.13 bits per heavy atom. The summed E-state index contributed by atoms with van der Waals surface area (Å²) >= 11 is 13.6. The van der Waals surface area contributed by atoms with Crippen LogP contribution in [0.1, 0.15) is 17.4 Å². The molecule has 0 amide bonds. The molecule has 0 saturated carbocycles. The zero-order valence-electron chi connectivity index (χ0n) is 12.3. The third kappa shape index (κ3) is 3.56. The lowest BCUT2D eigenvalue weighted by Crippen LogP contribution is -2.06. The van der Waals surface area contributed by atoms with Crippen molar-refractivity contribution in [2.45, 2.75) is 16.2 Å². The number of aliphatic hydroxyl groups is 1. The van der Waals surface area contributed by atoms with Gasteiger partial charge in [0, 0.05) is 27.6 Å². The Labute approximate surface area is 148 Å². The summed E-state index contributed by atoms with van der Waals surface area (Å²) in [7, 11) is 1.88. The molecule has 0 spiro atoms. The molecule has 1 heterocycles. The molecule has 3 aromatic rings. The first-order valence-electron chi connectivity index (χ1n) is 6.94. The standard InChI is InChI=1S/C17H14Cl2N2OS/c1-21-15(16(22)13-8-7-11(18)9-14(13)19)10-20-17(21)23-12-5-3-2-4-6-12/h2-10,16,22H,1H3. The topological polar surface area (TPSA) is 38.0 Å². The van der Waals surface area contributed by atoms with E-state index >= 15 is 0 Å². The number of hydrogen-bond donors (Lipinski definition) is 1. The molecule has 3 rings (SSSR count). The Morgan fingerprint density at radius 3 is 2.57 bits per heavy atom. The van der Waals surface area contributed by atoms with Crippen LogP contribution in [-0.2, 0) is 7.05 Å². The number of benzene rings is 2. The fraction of sp³-hybridized carbons (Fsp3) is 0.118. The molecular weight excluding hydrogens is 351 g/mol. The van der Waals surface area contributed by atoms with E-state index in [-0.39, 0.29) is 0 Å². The molecule has 0 bridgehead atoms. The van der Waals surface area contributed by atoms with E-state index in [1.165, 1.54) is 0 Å². The monoisotopic (exact) mass is 364 g/mol. The fourth-order valence-corrected chi connectivity index (χ4v) is 3.59. The van der Waals surface area contributed by atoms with Gasteiger partial charge in [-0.1, -0.05) is 59.2 Å². The summed E-state index contributed by atoms with van der Waals surface area (Å²) in [5.41, 5.74) is 1.28. The summed E-state index contributed by atoms with van der Waals surface area (Å²) in [6.07, 6.45) is 0.809. The van der Waals surface area contributed by atoms with E-state index in [0.717, 1.165) is 10.1 Å². The molecule has 0 saturated heterocycles. The smallest absolute Gasteiger partial charge is 0.172 e. The Kier molecular flexibility index (Phi) is 4.97. The van der Waals surface area contributed by atoms with Crippen LogP contribution in [-0.4, -0.2) is 14.7 Å². The summed E-state index contributed by atoms with van der Waals surface area (Å²) in [6.45, 7) is 0. The van der Waals surface area contributed by atoms with Crippen LogP contribution in [0, 0.1) is 0 Å². The van der Waals surface area contributed by atoms with Gasteiger partial charge in [-0.15, -0.1) is 0 Å². The van der Waals surface area contributed by atoms with Crippen LogP contribution in [0.2, 0.25) is 10.0 Å². The van der Waals surface area contributed by atoms with E-state index in [0.29, 0.717) is 21.3 Å². The Bertz CT molecular complexity index is 821. The first-order chi connectivity index (χ1) is 11.1. The van der Waals surface area contributed by atoms with Crippen molar-refractivity contribution in [3.63, 3.8) is 0 Å². The van der Waals surface area contributed by atoms with Crippen LogP contribution in [0.5, 0.6) is 0 Å². The molecule has 1 N–H and O–H groups in total. The van der Waals surface area contributed by atoms with Gasteiger partial charge in [0.05, 0.1) is 11.9 Å². The average Bonchev–Trinajstić information content (AvgIpc) is 2.89. The molecule has 2 aromatic carbocycles. The lowest BCUT2D eigenvalue weighted by molar-refractivity contribution is 0.210. The van der Waals surface area contributed by atoms with Crippen molar-refractivity contribution in [2.24, 2.45) is 7.05 Å². The molecule has 1 atom stereocenters. The van der Waals surface area contributed by atoms with Crippen LogP contribution in [0.15, 0.2) is 64.8 Å². The van der Waals surface area contributed by atoms with Crippen molar-refractivity contribution >= 4 is 35.0 Å². The van der Waals surface area contributed by atoms with Gasteiger partial charge in [0.25, 0.3) is 0 Å². The molecule has 3 nitrogen and oxygen atoms in total. The number of nitrogens with zero attached hydrogens (tertiary/aromatic N) is 2.